The van der Waals surface area contributed by atoms with Crippen molar-refractivity contribution in [2.24, 2.45) is 0 Å². The van der Waals surface area contributed by atoms with E-state index in [1.54, 1.807) is 6.26 Å². The second kappa shape index (κ2) is 8.20. The highest BCUT2D eigenvalue weighted by molar-refractivity contribution is 7.99. The minimum absolute atomic E-state index is 0.121. The molecule has 132 valence electrons. The van der Waals surface area contributed by atoms with Crippen LogP contribution < -0.4 is 0 Å². The van der Waals surface area contributed by atoms with E-state index in [1.807, 2.05) is 30.3 Å². The summed E-state index contributed by atoms with van der Waals surface area (Å²) in [4.78, 5) is 29.5. The van der Waals surface area contributed by atoms with Crippen molar-refractivity contribution in [3.05, 3.63) is 42.3 Å². The highest BCUT2D eigenvalue weighted by Gasteiger charge is 2.31. The number of carbonyl (C=O) groups excluding carboxylic acids is 1. The van der Waals surface area contributed by atoms with Crippen molar-refractivity contribution < 1.29 is 19.1 Å². The number of benzene rings is 1. The molecule has 25 heavy (non-hydrogen) atoms. The fourth-order valence-electron chi connectivity index (χ4n) is 2.90. The Morgan fingerprint density at radius 3 is 2.84 bits per heavy atom. The molecular weight excluding hydrogens is 340 g/mol. The van der Waals surface area contributed by atoms with Crippen molar-refractivity contribution in [2.75, 3.05) is 12.3 Å². The SMILES string of the molecule is O=C(O)[C@H]1CCCCN1C(=O)CSCc1coc(-c2ccccc2)n1. The summed E-state index contributed by atoms with van der Waals surface area (Å²) in [6, 6.07) is 8.94. The van der Waals surface area contributed by atoms with E-state index >= 15 is 0 Å². The lowest BCUT2D eigenvalue weighted by atomic mass is 10.0. The van der Waals surface area contributed by atoms with E-state index in [0.717, 1.165) is 24.1 Å². The van der Waals surface area contributed by atoms with Crippen molar-refractivity contribution in [2.45, 2.75) is 31.1 Å². The molecule has 1 atom stereocenters. The predicted molar refractivity (Wildman–Crippen MR) is 95.1 cm³/mol. The number of carboxylic acids is 1. The van der Waals surface area contributed by atoms with Crippen LogP contribution in [0.1, 0.15) is 25.0 Å². The molecule has 0 bridgehead atoms. The Morgan fingerprint density at radius 2 is 2.08 bits per heavy atom. The lowest BCUT2D eigenvalue weighted by molar-refractivity contribution is -0.150. The first-order valence-electron chi connectivity index (χ1n) is 8.25. The van der Waals surface area contributed by atoms with Crippen molar-refractivity contribution in [1.29, 1.82) is 0 Å². The minimum Gasteiger partial charge on any atom is -0.480 e. The van der Waals surface area contributed by atoms with Crippen LogP contribution in [0.15, 0.2) is 41.0 Å². The fourth-order valence-corrected chi connectivity index (χ4v) is 3.68. The summed E-state index contributed by atoms with van der Waals surface area (Å²) in [6.07, 6.45) is 3.86. The normalized spacial score (nSPS) is 17.4. The van der Waals surface area contributed by atoms with E-state index in [2.05, 4.69) is 4.98 Å². The number of likely N-dealkylation sites (tertiary alicyclic amines) is 1. The molecule has 2 heterocycles. The monoisotopic (exact) mass is 360 g/mol. The van der Waals surface area contributed by atoms with Crippen LogP contribution in [-0.2, 0) is 15.3 Å². The zero-order valence-corrected chi connectivity index (χ0v) is 14.6. The summed E-state index contributed by atoms with van der Waals surface area (Å²) in [7, 11) is 0. The van der Waals surface area contributed by atoms with Gasteiger partial charge in [0.15, 0.2) is 0 Å². The van der Waals surface area contributed by atoms with Gasteiger partial charge in [-0.25, -0.2) is 9.78 Å². The Balaban J connectivity index is 1.52. The molecule has 1 aromatic heterocycles. The van der Waals surface area contributed by atoms with Gasteiger partial charge in [0.2, 0.25) is 11.8 Å². The topological polar surface area (TPSA) is 83.6 Å². The molecule has 2 aromatic rings. The van der Waals surface area contributed by atoms with Crippen molar-refractivity contribution in [3.63, 3.8) is 0 Å². The van der Waals surface area contributed by atoms with Crippen LogP contribution in [0.3, 0.4) is 0 Å². The lowest BCUT2D eigenvalue weighted by Crippen LogP contribution is -2.48. The molecule has 0 saturated carbocycles. The maximum Gasteiger partial charge on any atom is 0.326 e. The Hall–Kier alpha value is -2.28. The summed E-state index contributed by atoms with van der Waals surface area (Å²) < 4.78 is 5.48. The molecule has 1 saturated heterocycles. The van der Waals surface area contributed by atoms with Crippen LogP contribution in [0, 0.1) is 0 Å². The van der Waals surface area contributed by atoms with Gasteiger partial charge in [0.1, 0.15) is 12.3 Å². The molecule has 6 nitrogen and oxygen atoms in total. The van der Waals surface area contributed by atoms with Gasteiger partial charge in [-0.1, -0.05) is 18.2 Å². The van der Waals surface area contributed by atoms with Crippen molar-refractivity contribution in [3.8, 4) is 11.5 Å². The first kappa shape index (κ1) is 17.5. The predicted octanol–water partition coefficient (Wildman–Crippen LogP) is 3.04. The molecule has 0 unspecified atom stereocenters. The van der Waals surface area contributed by atoms with Gasteiger partial charge in [0, 0.05) is 17.9 Å². The first-order valence-corrected chi connectivity index (χ1v) is 9.40. The Bertz CT molecular complexity index is 732. The molecule has 1 N–H and O–H groups in total. The third kappa shape index (κ3) is 4.42. The number of aliphatic carboxylic acids is 1. The molecule has 0 aliphatic carbocycles. The van der Waals surface area contributed by atoms with Crippen LogP contribution in [0.25, 0.3) is 11.5 Å². The average Bonchev–Trinajstić information content (AvgIpc) is 3.11. The largest absolute Gasteiger partial charge is 0.480 e. The van der Waals surface area contributed by atoms with E-state index in [0.29, 0.717) is 24.6 Å². The smallest absolute Gasteiger partial charge is 0.326 e. The minimum atomic E-state index is -0.915. The molecular formula is C18H20N2O4S. The van der Waals surface area contributed by atoms with Crippen molar-refractivity contribution >= 4 is 23.6 Å². The van der Waals surface area contributed by atoms with Gasteiger partial charge in [0.25, 0.3) is 0 Å². The summed E-state index contributed by atoms with van der Waals surface area (Å²) >= 11 is 1.42. The third-order valence-electron chi connectivity index (χ3n) is 4.16. The van der Waals surface area contributed by atoms with Crippen LogP contribution >= 0.6 is 11.8 Å². The van der Waals surface area contributed by atoms with Gasteiger partial charge in [-0.3, -0.25) is 4.79 Å². The van der Waals surface area contributed by atoms with Crippen molar-refractivity contribution in [1.82, 2.24) is 9.88 Å². The molecule has 3 rings (SSSR count). The number of oxazole rings is 1. The van der Waals surface area contributed by atoms with Crippen LogP contribution in [-0.4, -0.2) is 45.2 Å². The maximum atomic E-state index is 12.3. The summed E-state index contributed by atoms with van der Waals surface area (Å²) in [5.41, 5.74) is 1.68. The van der Waals surface area contributed by atoms with E-state index < -0.39 is 12.0 Å². The fraction of sp³-hybridized carbons (Fsp3) is 0.389. The zero-order chi connectivity index (χ0) is 17.6. The average molecular weight is 360 g/mol. The second-order valence-electron chi connectivity index (χ2n) is 5.94. The van der Waals surface area contributed by atoms with E-state index in [9.17, 15) is 14.7 Å². The van der Waals surface area contributed by atoms with Gasteiger partial charge in [-0.05, 0) is 31.4 Å². The molecule has 1 aromatic carbocycles. The maximum absolute atomic E-state index is 12.3. The first-order chi connectivity index (χ1) is 12.1. The number of carbonyl (C=O) groups is 2. The summed E-state index contributed by atoms with van der Waals surface area (Å²) in [6.45, 7) is 0.526. The number of rotatable bonds is 6. The van der Waals surface area contributed by atoms with Crippen LogP contribution in [0.4, 0.5) is 0 Å². The number of nitrogens with zero attached hydrogens (tertiary/aromatic N) is 2. The third-order valence-corrected chi connectivity index (χ3v) is 5.11. The van der Waals surface area contributed by atoms with Crippen LogP contribution in [0.5, 0.6) is 0 Å². The number of piperidine rings is 1. The molecule has 1 aliphatic heterocycles. The summed E-state index contributed by atoms with van der Waals surface area (Å²) in [5, 5.41) is 9.25. The highest BCUT2D eigenvalue weighted by atomic mass is 32.2. The Morgan fingerprint density at radius 1 is 1.28 bits per heavy atom. The standard InChI is InChI=1S/C18H20N2O4S/c21-16(20-9-5-4-8-15(20)18(22)23)12-25-11-14-10-24-17(19-14)13-6-2-1-3-7-13/h1-3,6-7,10,15H,4-5,8-9,11-12H2,(H,22,23)/t15-/m1/s1. The van der Waals surface area contributed by atoms with Gasteiger partial charge >= 0.3 is 5.97 Å². The molecule has 1 fully saturated rings. The van der Waals surface area contributed by atoms with Gasteiger partial charge in [0.05, 0.1) is 11.4 Å². The number of amides is 1. The van der Waals surface area contributed by atoms with Gasteiger partial charge < -0.3 is 14.4 Å². The van der Waals surface area contributed by atoms with E-state index in [4.69, 9.17) is 4.42 Å². The molecule has 1 aliphatic rings. The number of hydrogen-bond acceptors (Lipinski definition) is 5. The van der Waals surface area contributed by atoms with Gasteiger partial charge in [-0.2, -0.15) is 0 Å². The number of hydrogen-bond donors (Lipinski definition) is 1. The van der Waals surface area contributed by atoms with Gasteiger partial charge in [-0.15, -0.1) is 11.8 Å². The summed E-state index contributed by atoms with van der Waals surface area (Å²) in [5.74, 6) is 0.320. The molecule has 0 spiro atoms. The number of thioether (sulfide) groups is 1. The van der Waals surface area contributed by atoms with E-state index in [1.165, 1.54) is 16.7 Å². The Labute approximate surface area is 150 Å². The highest BCUT2D eigenvalue weighted by Crippen LogP contribution is 2.22. The van der Waals surface area contributed by atoms with Crippen LogP contribution in [0.2, 0.25) is 0 Å². The molecule has 7 heteroatoms. The second-order valence-corrected chi connectivity index (χ2v) is 6.93. The number of carboxylic acid groups (broad SMARTS) is 1. The molecule has 1 amide bonds. The zero-order valence-electron chi connectivity index (χ0n) is 13.8. The quantitative estimate of drug-likeness (QED) is 0.852. The van der Waals surface area contributed by atoms with E-state index in [-0.39, 0.29) is 11.7 Å². The molecule has 0 radical (unpaired) electrons. The Kier molecular flexibility index (Phi) is 5.75. The number of aromatic nitrogens is 1. The lowest BCUT2D eigenvalue weighted by Gasteiger charge is -2.32.